The molecule has 0 aromatic heterocycles. The molecule has 0 amide bonds. The van der Waals surface area contributed by atoms with E-state index in [9.17, 15) is 10.2 Å². The summed E-state index contributed by atoms with van der Waals surface area (Å²) < 4.78 is 17.1. The molecule has 128 valence electrons. The van der Waals surface area contributed by atoms with E-state index in [1.807, 2.05) is 60.7 Å². The molecule has 24 heavy (non-hydrogen) atoms. The van der Waals surface area contributed by atoms with E-state index in [4.69, 9.17) is 14.2 Å². The van der Waals surface area contributed by atoms with Crippen molar-refractivity contribution in [3.05, 3.63) is 71.8 Å². The van der Waals surface area contributed by atoms with Gasteiger partial charge in [-0.1, -0.05) is 60.7 Å². The van der Waals surface area contributed by atoms with Crippen molar-refractivity contribution >= 4 is 0 Å². The molecule has 2 aromatic carbocycles. The van der Waals surface area contributed by atoms with Gasteiger partial charge in [0.25, 0.3) is 0 Å². The van der Waals surface area contributed by atoms with Crippen molar-refractivity contribution in [2.24, 2.45) is 0 Å². The van der Waals surface area contributed by atoms with Crippen LogP contribution < -0.4 is 0 Å². The Bertz CT molecular complexity index is 604. The van der Waals surface area contributed by atoms with E-state index < -0.39 is 24.6 Å². The lowest BCUT2D eigenvalue weighted by atomic mass is 10.1. The highest BCUT2D eigenvalue weighted by molar-refractivity contribution is 5.14. The summed E-state index contributed by atoms with van der Waals surface area (Å²) in [4.78, 5) is 0. The van der Waals surface area contributed by atoms with Crippen LogP contribution in [0.4, 0.5) is 0 Å². The molecule has 1 heterocycles. The van der Waals surface area contributed by atoms with Gasteiger partial charge in [0.2, 0.25) is 0 Å². The van der Waals surface area contributed by atoms with Crippen molar-refractivity contribution in [2.45, 2.75) is 37.8 Å². The zero-order valence-electron chi connectivity index (χ0n) is 13.3. The van der Waals surface area contributed by atoms with Crippen LogP contribution in [0.1, 0.15) is 11.1 Å². The molecule has 0 radical (unpaired) electrons. The highest BCUT2D eigenvalue weighted by atomic mass is 16.7. The molecule has 2 aromatic rings. The molecule has 1 aliphatic rings. The van der Waals surface area contributed by atoms with E-state index >= 15 is 0 Å². The standard InChI is InChI=1S/C19H22O5/c20-11-16-17(22-12-14-7-3-1-4-8-14)18(19(21)24-16)23-13-15-9-5-2-6-10-15/h1-10,16-21H,11-13H2/t16-,17-,18-,19-/m1/s1. The van der Waals surface area contributed by atoms with E-state index in [0.29, 0.717) is 13.2 Å². The van der Waals surface area contributed by atoms with Crippen LogP contribution in [-0.2, 0) is 27.4 Å². The van der Waals surface area contributed by atoms with Crippen molar-refractivity contribution in [2.75, 3.05) is 6.61 Å². The molecule has 0 bridgehead atoms. The smallest absolute Gasteiger partial charge is 0.184 e. The number of ether oxygens (including phenoxy) is 3. The maximum atomic E-state index is 10.1. The number of benzene rings is 2. The minimum absolute atomic E-state index is 0.234. The molecule has 1 aliphatic heterocycles. The van der Waals surface area contributed by atoms with Gasteiger partial charge in [0.1, 0.15) is 18.3 Å². The van der Waals surface area contributed by atoms with Crippen LogP contribution in [0.25, 0.3) is 0 Å². The van der Waals surface area contributed by atoms with E-state index in [0.717, 1.165) is 11.1 Å². The molecule has 0 aliphatic carbocycles. The average molecular weight is 330 g/mol. The number of aliphatic hydroxyl groups is 2. The number of hydrogen-bond acceptors (Lipinski definition) is 5. The third-order valence-electron chi connectivity index (χ3n) is 4.04. The highest BCUT2D eigenvalue weighted by Crippen LogP contribution is 2.27. The zero-order chi connectivity index (χ0) is 16.8. The SMILES string of the molecule is OC[C@H]1O[C@@H](O)[C@H](OCc2ccccc2)[C@@H]1OCc1ccccc1. The van der Waals surface area contributed by atoms with Gasteiger partial charge in [-0.15, -0.1) is 0 Å². The Morgan fingerprint density at radius 2 is 1.29 bits per heavy atom. The van der Waals surface area contributed by atoms with E-state index in [1.165, 1.54) is 0 Å². The van der Waals surface area contributed by atoms with Crippen LogP contribution >= 0.6 is 0 Å². The first kappa shape index (κ1) is 17.1. The molecule has 0 unspecified atom stereocenters. The molecule has 4 atom stereocenters. The summed E-state index contributed by atoms with van der Waals surface area (Å²) in [6.07, 6.45) is -2.91. The molecule has 5 heteroatoms. The number of aliphatic hydroxyl groups excluding tert-OH is 2. The predicted octanol–water partition coefficient (Wildman–Crippen LogP) is 1.87. The van der Waals surface area contributed by atoms with Crippen LogP contribution in [-0.4, -0.2) is 41.4 Å². The van der Waals surface area contributed by atoms with Gasteiger partial charge in [0.15, 0.2) is 6.29 Å². The van der Waals surface area contributed by atoms with Crippen LogP contribution in [0, 0.1) is 0 Å². The van der Waals surface area contributed by atoms with E-state index in [1.54, 1.807) is 0 Å². The van der Waals surface area contributed by atoms with Gasteiger partial charge in [-0.25, -0.2) is 0 Å². The van der Waals surface area contributed by atoms with Crippen molar-refractivity contribution in [1.29, 1.82) is 0 Å². The summed E-state index contributed by atoms with van der Waals surface area (Å²) >= 11 is 0. The quantitative estimate of drug-likeness (QED) is 0.811. The lowest BCUT2D eigenvalue weighted by Gasteiger charge is -2.23. The predicted molar refractivity (Wildman–Crippen MR) is 88.0 cm³/mol. The first-order chi connectivity index (χ1) is 11.8. The van der Waals surface area contributed by atoms with Crippen molar-refractivity contribution in [1.82, 2.24) is 0 Å². The van der Waals surface area contributed by atoms with Gasteiger partial charge < -0.3 is 24.4 Å². The van der Waals surface area contributed by atoms with Crippen LogP contribution in [0.3, 0.4) is 0 Å². The fourth-order valence-corrected chi connectivity index (χ4v) is 2.77. The van der Waals surface area contributed by atoms with Crippen molar-refractivity contribution < 1.29 is 24.4 Å². The summed E-state index contributed by atoms with van der Waals surface area (Å²) in [5.74, 6) is 0. The summed E-state index contributed by atoms with van der Waals surface area (Å²) in [7, 11) is 0. The Kier molecular flexibility index (Phi) is 5.96. The second-order valence-corrected chi connectivity index (χ2v) is 5.77. The third-order valence-corrected chi connectivity index (χ3v) is 4.04. The van der Waals surface area contributed by atoms with E-state index in [-0.39, 0.29) is 6.61 Å². The zero-order valence-corrected chi connectivity index (χ0v) is 13.3. The van der Waals surface area contributed by atoms with Gasteiger partial charge in [0.05, 0.1) is 19.8 Å². The average Bonchev–Trinajstić information content (AvgIpc) is 2.94. The molecule has 1 fully saturated rings. The van der Waals surface area contributed by atoms with Gasteiger partial charge in [-0.3, -0.25) is 0 Å². The Morgan fingerprint density at radius 3 is 1.79 bits per heavy atom. The van der Waals surface area contributed by atoms with Crippen LogP contribution in [0.15, 0.2) is 60.7 Å². The first-order valence-corrected chi connectivity index (χ1v) is 8.03. The van der Waals surface area contributed by atoms with Gasteiger partial charge in [-0.05, 0) is 11.1 Å². The van der Waals surface area contributed by atoms with Gasteiger partial charge in [-0.2, -0.15) is 0 Å². The molecule has 0 saturated carbocycles. The topological polar surface area (TPSA) is 68.2 Å². The highest BCUT2D eigenvalue weighted by Gasteiger charge is 2.45. The molecule has 1 saturated heterocycles. The summed E-state index contributed by atoms with van der Waals surface area (Å²) in [5.41, 5.74) is 2.01. The van der Waals surface area contributed by atoms with Crippen molar-refractivity contribution in [3.8, 4) is 0 Å². The van der Waals surface area contributed by atoms with Crippen LogP contribution in [0.2, 0.25) is 0 Å². The third kappa shape index (κ3) is 4.20. The monoisotopic (exact) mass is 330 g/mol. The number of hydrogen-bond donors (Lipinski definition) is 2. The Labute approximate surface area is 141 Å². The molecule has 3 rings (SSSR count). The summed E-state index contributed by atoms with van der Waals surface area (Å²) in [5, 5.41) is 19.6. The lowest BCUT2D eigenvalue weighted by molar-refractivity contribution is -0.151. The molecule has 0 spiro atoms. The maximum Gasteiger partial charge on any atom is 0.184 e. The number of rotatable bonds is 7. The molecular weight excluding hydrogens is 308 g/mol. The maximum absolute atomic E-state index is 10.1. The molecule has 5 nitrogen and oxygen atoms in total. The minimum atomic E-state index is -1.12. The second-order valence-electron chi connectivity index (χ2n) is 5.77. The summed E-state index contributed by atoms with van der Waals surface area (Å²) in [6.45, 7) is 0.472. The fourth-order valence-electron chi connectivity index (χ4n) is 2.77. The largest absolute Gasteiger partial charge is 0.394 e. The lowest BCUT2D eigenvalue weighted by Crippen LogP contribution is -2.38. The minimum Gasteiger partial charge on any atom is -0.394 e. The second kappa shape index (κ2) is 8.37. The molecule has 2 N–H and O–H groups in total. The summed E-state index contributed by atoms with van der Waals surface area (Å²) in [6, 6.07) is 19.4. The van der Waals surface area contributed by atoms with Gasteiger partial charge in [0, 0.05) is 0 Å². The van der Waals surface area contributed by atoms with Crippen molar-refractivity contribution in [3.63, 3.8) is 0 Å². The van der Waals surface area contributed by atoms with Gasteiger partial charge >= 0.3 is 0 Å². The Morgan fingerprint density at radius 1 is 0.792 bits per heavy atom. The molecular formula is C19H22O5. The Balaban J connectivity index is 1.63. The van der Waals surface area contributed by atoms with Crippen LogP contribution in [0.5, 0.6) is 0 Å². The van der Waals surface area contributed by atoms with E-state index in [2.05, 4.69) is 0 Å². The first-order valence-electron chi connectivity index (χ1n) is 8.03. The fraction of sp³-hybridized carbons (Fsp3) is 0.368. The normalized spacial score (nSPS) is 26.6. The Hall–Kier alpha value is -1.76.